The number of aliphatic hydroxyl groups excluding tert-OH is 1. The molecule has 0 bridgehead atoms. The molecular weight excluding hydrogens is 378 g/mol. The molecule has 1 aliphatic heterocycles. The monoisotopic (exact) mass is 398 g/mol. The first-order valence-corrected chi connectivity index (χ1v) is 9.84. The van der Waals surface area contributed by atoms with E-state index in [1.165, 1.54) is 16.8 Å². The second-order valence-corrected chi connectivity index (χ2v) is 8.36. The van der Waals surface area contributed by atoms with Crippen molar-refractivity contribution < 1.29 is 22.9 Å². The van der Waals surface area contributed by atoms with Gasteiger partial charge in [-0.1, -0.05) is 0 Å². The van der Waals surface area contributed by atoms with Crippen molar-refractivity contribution in [1.29, 1.82) is 4.78 Å². The van der Waals surface area contributed by atoms with Crippen LogP contribution in [0, 0.1) is 16.4 Å². The van der Waals surface area contributed by atoms with Gasteiger partial charge in [0.25, 0.3) is 5.91 Å². The number of aryl methyl sites for hydroxylation is 1. The number of rotatable bonds is 3. The lowest BCUT2D eigenvalue weighted by molar-refractivity contribution is 0.101. The Morgan fingerprint density at radius 3 is 2.78 bits per heavy atom. The molecule has 27 heavy (non-hydrogen) atoms. The van der Waals surface area contributed by atoms with Crippen molar-refractivity contribution in [3.63, 3.8) is 0 Å². The van der Waals surface area contributed by atoms with E-state index in [0.717, 1.165) is 12.1 Å². The summed E-state index contributed by atoms with van der Waals surface area (Å²) < 4.78 is 51.5. The van der Waals surface area contributed by atoms with Gasteiger partial charge >= 0.3 is 0 Å². The molecule has 0 saturated heterocycles. The van der Waals surface area contributed by atoms with Crippen molar-refractivity contribution in [1.82, 2.24) is 9.29 Å². The molecule has 1 aromatic heterocycles. The van der Waals surface area contributed by atoms with Crippen LogP contribution in [-0.4, -0.2) is 31.9 Å². The van der Waals surface area contributed by atoms with Crippen LogP contribution in [0.25, 0.3) is 0 Å². The lowest BCUT2D eigenvalue weighted by atomic mass is 10.0. The smallest absolute Gasteiger partial charge is 0.272 e. The number of hydrogen-bond donors (Lipinski definition) is 4. The van der Waals surface area contributed by atoms with Gasteiger partial charge in [0.15, 0.2) is 11.6 Å². The fraction of sp³-hybridized carbons (Fsp3) is 0.353. The van der Waals surface area contributed by atoms with E-state index >= 15 is 0 Å². The van der Waals surface area contributed by atoms with Crippen molar-refractivity contribution >= 4 is 21.5 Å². The van der Waals surface area contributed by atoms with E-state index in [2.05, 4.69) is 10.0 Å². The Labute approximate surface area is 155 Å². The van der Waals surface area contributed by atoms with Gasteiger partial charge in [-0.05, 0) is 31.9 Å². The van der Waals surface area contributed by atoms with Gasteiger partial charge in [-0.2, -0.15) is 0 Å². The summed E-state index contributed by atoms with van der Waals surface area (Å²) in [7, 11) is -1.83. The van der Waals surface area contributed by atoms with E-state index in [4.69, 9.17) is 4.78 Å². The first kappa shape index (κ1) is 19.5. The van der Waals surface area contributed by atoms with Gasteiger partial charge in [-0.3, -0.25) is 4.79 Å². The molecule has 2 aromatic rings. The van der Waals surface area contributed by atoms with Crippen molar-refractivity contribution in [3.05, 3.63) is 47.3 Å². The van der Waals surface area contributed by atoms with Gasteiger partial charge in [-0.15, -0.1) is 0 Å². The molecule has 4 N–H and O–H groups in total. The average Bonchev–Trinajstić information content (AvgIpc) is 2.85. The molecule has 0 saturated carbocycles. The summed E-state index contributed by atoms with van der Waals surface area (Å²) in [6, 6.07) is 2.46. The number of carbonyl (C=O) groups excluding carboxylic acids is 1. The number of fused-ring (bicyclic) bond motifs is 1. The van der Waals surface area contributed by atoms with Crippen LogP contribution < -0.4 is 10.0 Å². The normalized spacial score (nSPS) is 23.4. The maximum absolute atomic E-state index is 13.4. The molecule has 0 radical (unpaired) electrons. The molecular formula is C17H20F2N4O3S. The minimum Gasteiger partial charge on any atom is -0.392 e. The van der Waals surface area contributed by atoms with E-state index in [9.17, 15) is 22.9 Å². The van der Waals surface area contributed by atoms with Crippen LogP contribution in [0.1, 0.15) is 29.4 Å². The Hall–Kier alpha value is -2.30. The molecule has 1 amide bonds. The molecule has 1 aliphatic rings. The molecule has 7 nitrogen and oxygen atoms in total. The number of carbonyl (C=O) groups is 1. The van der Waals surface area contributed by atoms with Crippen LogP contribution in [0.2, 0.25) is 0 Å². The minimum absolute atomic E-state index is 0.0778. The first-order valence-electron chi connectivity index (χ1n) is 8.29. The van der Waals surface area contributed by atoms with E-state index in [0.29, 0.717) is 18.4 Å². The predicted molar refractivity (Wildman–Crippen MR) is 95.8 cm³/mol. The van der Waals surface area contributed by atoms with Crippen molar-refractivity contribution in [2.75, 3.05) is 5.32 Å². The highest BCUT2D eigenvalue weighted by atomic mass is 32.2. The number of nitrogens with one attached hydrogen (secondary N) is 3. The maximum atomic E-state index is 13.4. The van der Waals surface area contributed by atoms with Crippen LogP contribution in [0.4, 0.5) is 14.5 Å². The summed E-state index contributed by atoms with van der Waals surface area (Å²) in [6.07, 6.45) is 1.35. The van der Waals surface area contributed by atoms with Crippen molar-refractivity contribution in [3.8, 4) is 0 Å². The van der Waals surface area contributed by atoms with Gasteiger partial charge < -0.3 is 15.0 Å². The highest BCUT2D eigenvalue weighted by Crippen LogP contribution is 2.29. The minimum atomic E-state index is -3.41. The summed E-state index contributed by atoms with van der Waals surface area (Å²) in [4.78, 5) is 12.9. The summed E-state index contributed by atoms with van der Waals surface area (Å²) in [5, 5.41) is 12.3. The number of anilines is 1. The topological polar surface area (TPSA) is 107 Å². The zero-order chi connectivity index (χ0) is 19.9. The molecule has 3 atom stereocenters. The Kier molecular flexibility index (Phi) is 5.06. The standard InChI is InChI=1S/C17H20F2N4O3S/c1-9(24)14-6-4-11-15(27(20,26)22-14)8-23(2)16(11)17(25)21-10-3-5-12(18)13(19)7-10/h3,5,7-9,14,24H,4,6H2,1-2H3,(H,21,25)(H2,20,22,26). The van der Waals surface area contributed by atoms with Gasteiger partial charge in [-0.25, -0.2) is 22.5 Å². The molecule has 1 aromatic carbocycles. The van der Waals surface area contributed by atoms with Crippen molar-refractivity contribution in [2.45, 2.75) is 36.8 Å². The largest absolute Gasteiger partial charge is 0.392 e. The quantitative estimate of drug-likeness (QED) is 0.636. The number of aliphatic hydroxyl groups is 1. The maximum Gasteiger partial charge on any atom is 0.272 e. The lowest BCUT2D eigenvalue weighted by Gasteiger charge is -2.19. The third-order valence-electron chi connectivity index (χ3n) is 4.55. The summed E-state index contributed by atoms with van der Waals surface area (Å²) in [6.45, 7) is 1.54. The van der Waals surface area contributed by atoms with Crippen LogP contribution in [0.15, 0.2) is 29.3 Å². The van der Waals surface area contributed by atoms with E-state index < -0.39 is 39.6 Å². The third-order valence-corrected chi connectivity index (χ3v) is 6.16. The Morgan fingerprint density at radius 1 is 1.44 bits per heavy atom. The lowest BCUT2D eigenvalue weighted by Crippen LogP contribution is -2.40. The number of hydrogen-bond acceptors (Lipinski definition) is 4. The molecule has 146 valence electrons. The SMILES string of the molecule is CC(O)C1CCc2c(cn(C)c2C(=O)Nc2ccc(F)c(F)c2)S(=N)(=O)N1. The summed E-state index contributed by atoms with van der Waals surface area (Å²) >= 11 is 0. The van der Waals surface area contributed by atoms with E-state index in [1.807, 2.05) is 0 Å². The molecule has 10 heteroatoms. The number of benzene rings is 1. The molecule has 3 unspecified atom stereocenters. The second kappa shape index (κ2) is 7.02. The third kappa shape index (κ3) is 3.73. The molecule has 0 fully saturated rings. The Bertz CT molecular complexity index is 1000. The number of nitrogens with zero attached hydrogens (tertiary/aromatic N) is 1. The van der Waals surface area contributed by atoms with Crippen LogP contribution in [-0.2, 0) is 23.4 Å². The first-order chi connectivity index (χ1) is 12.6. The molecule has 0 aliphatic carbocycles. The second-order valence-electron chi connectivity index (χ2n) is 6.57. The molecule has 0 spiro atoms. The zero-order valence-corrected chi connectivity index (χ0v) is 15.6. The predicted octanol–water partition coefficient (Wildman–Crippen LogP) is 2.16. The highest BCUT2D eigenvalue weighted by molar-refractivity contribution is 7.90. The average molecular weight is 398 g/mol. The number of aromatic nitrogens is 1. The molecule has 3 rings (SSSR count). The number of halogens is 2. The van der Waals surface area contributed by atoms with Crippen LogP contribution in [0.5, 0.6) is 0 Å². The summed E-state index contributed by atoms with van der Waals surface area (Å²) in [5.74, 6) is -2.70. The van der Waals surface area contributed by atoms with Gasteiger partial charge in [0.2, 0.25) is 0 Å². The van der Waals surface area contributed by atoms with Crippen LogP contribution >= 0.6 is 0 Å². The van der Waals surface area contributed by atoms with Crippen molar-refractivity contribution in [2.24, 2.45) is 7.05 Å². The van der Waals surface area contributed by atoms with E-state index in [1.54, 1.807) is 14.0 Å². The van der Waals surface area contributed by atoms with Gasteiger partial charge in [0.05, 0.1) is 11.0 Å². The molecule has 2 heterocycles. The summed E-state index contributed by atoms with van der Waals surface area (Å²) in [5.41, 5.74) is 0.699. The fourth-order valence-electron chi connectivity index (χ4n) is 3.17. The number of amides is 1. The highest BCUT2D eigenvalue weighted by Gasteiger charge is 2.32. The van der Waals surface area contributed by atoms with Crippen LogP contribution in [0.3, 0.4) is 0 Å². The van der Waals surface area contributed by atoms with Gasteiger partial charge in [0.1, 0.15) is 15.6 Å². The Morgan fingerprint density at radius 2 is 2.15 bits per heavy atom. The zero-order valence-electron chi connectivity index (χ0n) is 14.8. The fourth-order valence-corrected chi connectivity index (χ4v) is 4.89. The van der Waals surface area contributed by atoms with Gasteiger partial charge in [0, 0.05) is 36.6 Å². The Balaban J connectivity index is 1.97. The van der Waals surface area contributed by atoms with E-state index in [-0.39, 0.29) is 16.3 Å².